The molecule has 224 valence electrons. The zero-order chi connectivity index (χ0) is 30.7. The van der Waals surface area contributed by atoms with Crippen molar-refractivity contribution in [3.63, 3.8) is 0 Å². The normalized spacial score (nSPS) is 11.1. The van der Waals surface area contributed by atoms with Gasteiger partial charge in [0.2, 0.25) is 11.8 Å². The molecule has 0 aliphatic heterocycles. The molecule has 0 fully saturated rings. The fraction of sp³-hybridized carbons (Fsp3) is 0.217. The standard InChI is InChI=1S/C12H11N5OS.C10H8F3N3O4S2.CH4/c1-6-4-7(17-3-2-15-5-17)16-12-8(6)9(13)10(19-12)11(14)18;1-5-2-8(20-22(18,19)10(11,12)13)16-9(6(5)3-14)21-4-7(15)17;/h2-5H,13H2,1H3,(H2,14,18);2H,4H2,1H3,(H2,15,17);1H4. The Kier molecular flexibility index (Phi) is 10.5. The number of carbonyl (C=O) groups excluding carboxylic acids is 2. The predicted molar refractivity (Wildman–Crippen MR) is 150 cm³/mol. The molecule has 0 atom stereocenters. The number of nitrogens with zero attached hydrogens (tertiary/aromatic N) is 5. The summed E-state index contributed by atoms with van der Waals surface area (Å²) in [4.78, 5) is 35.1. The first-order valence-electron chi connectivity index (χ1n) is 10.9. The van der Waals surface area contributed by atoms with E-state index in [-0.39, 0.29) is 29.3 Å². The van der Waals surface area contributed by atoms with Crippen LogP contribution in [0.2, 0.25) is 0 Å². The van der Waals surface area contributed by atoms with Crippen molar-refractivity contribution in [3.8, 4) is 17.8 Å². The van der Waals surface area contributed by atoms with Gasteiger partial charge in [0.05, 0.1) is 17.0 Å². The third kappa shape index (κ3) is 7.45. The lowest BCUT2D eigenvalue weighted by Crippen LogP contribution is -2.28. The molecule has 6 N–H and O–H groups in total. The number of nitrogen functional groups attached to an aromatic ring is 1. The summed E-state index contributed by atoms with van der Waals surface area (Å²) in [7, 11) is -5.88. The number of hydrogen-bond donors (Lipinski definition) is 3. The lowest BCUT2D eigenvalue weighted by Gasteiger charge is -2.11. The molecule has 0 unspecified atom stereocenters. The maximum atomic E-state index is 12.3. The van der Waals surface area contributed by atoms with Gasteiger partial charge in [0, 0.05) is 23.8 Å². The van der Waals surface area contributed by atoms with Gasteiger partial charge in [0.1, 0.15) is 32.9 Å². The number of thiophene rings is 1. The molecule has 0 aromatic carbocycles. The highest BCUT2D eigenvalue weighted by atomic mass is 32.2. The fourth-order valence-electron chi connectivity index (χ4n) is 3.20. The van der Waals surface area contributed by atoms with Crippen LogP contribution >= 0.6 is 23.1 Å². The molecule has 0 bridgehead atoms. The zero-order valence-corrected chi connectivity index (χ0v) is 23.4. The van der Waals surface area contributed by atoms with Gasteiger partial charge in [-0.05, 0) is 31.0 Å². The lowest BCUT2D eigenvalue weighted by atomic mass is 10.1. The van der Waals surface area contributed by atoms with Crippen molar-refractivity contribution in [3.05, 3.63) is 52.4 Å². The number of nitrogens with two attached hydrogens (primary N) is 3. The highest BCUT2D eigenvalue weighted by Crippen LogP contribution is 2.35. The number of rotatable bonds is 7. The number of anilines is 1. The van der Waals surface area contributed by atoms with E-state index in [0.29, 0.717) is 27.2 Å². The van der Waals surface area contributed by atoms with Gasteiger partial charge in [0.15, 0.2) is 0 Å². The van der Waals surface area contributed by atoms with E-state index in [9.17, 15) is 31.2 Å². The molecular formula is C23H23F3N8O5S3. The van der Waals surface area contributed by atoms with E-state index in [2.05, 4.69) is 19.1 Å². The summed E-state index contributed by atoms with van der Waals surface area (Å²) in [5, 5.41) is 9.59. The van der Waals surface area contributed by atoms with Gasteiger partial charge in [-0.2, -0.15) is 26.9 Å². The second-order valence-corrected chi connectivity index (χ2v) is 11.5. The minimum Gasteiger partial charge on any atom is -0.397 e. The Balaban J connectivity index is 0.000000289. The molecule has 0 radical (unpaired) electrons. The quantitative estimate of drug-likeness (QED) is 0.150. The smallest absolute Gasteiger partial charge is 0.397 e. The Morgan fingerprint density at radius 3 is 2.38 bits per heavy atom. The number of nitriles is 1. The van der Waals surface area contributed by atoms with Crippen LogP contribution in [0.4, 0.5) is 18.9 Å². The van der Waals surface area contributed by atoms with Gasteiger partial charge in [-0.3, -0.25) is 14.2 Å². The van der Waals surface area contributed by atoms with Crippen LogP contribution in [0.1, 0.15) is 33.8 Å². The van der Waals surface area contributed by atoms with Crippen LogP contribution in [0.15, 0.2) is 35.9 Å². The van der Waals surface area contributed by atoms with Crippen molar-refractivity contribution < 1.29 is 35.4 Å². The largest absolute Gasteiger partial charge is 0.534 e. The number of imidazole rings is 1. The molecular weight excluding hydrogens is 621 g/mol. The molecule has 0 saturated heterocycles. The first kappa shape index (κ1) is 33.8. The number of aryl methyl sites for hydroxylation is 2. The molecule has 0 aliphatic rings. The van der Waals surface area contributed by atoms with Crippen LogP contribution in [0.25, 0.3) is 16.0 Å². The number of hydrogen-bond acceptors (Lipinski definition) is 12. The highest BCUT2D eigenvalue weighted by molar-refractivity contribution is 8.00. The topological polar surface area (TPSA) is 223 Å². The maximum Gasteiger partial charge on any atom is 0.534 e. The molecule has 4 aromatic heterocycles. The van der Waals surface area contributed by atoms with Crippen molar-refractivity contribution in [2.75, 3.05) is 11.5 Å². The molecule has 0 aliphatic carbocycles. The summed E-state index contributed by atoms with van der Waals surface area (Å²) in [6.45, 7) is 3.28. The number of pyridine rings is 2. The Morgan fingerprint density at radius 1 is 1.19 bits per heavy atom. The molecule has 4 rings (SSSR count). The van der Waals surface area contributed by atoms with Crippen LogP contribution in [-0.2, 0) is 14.9 Å². The first-order chi connectivity index (χ1) is 19.1. The van der Waals surface area contributed by atoms with Gasteiger partial charge in [-0.1, -0.05) is 19.2 Å². The summed E-state index contributed by atoms with van der Waals surface area (Å²) in [5.74, 6) is -1.69. The number of primary amides is 2. The number of halogens is 3. The third-order valence-electron chi connectivity index (χ3n) is 4.98. The van der Waals surface area contributed by atoms with Gasteiger partial charge in [0.25, 0.3) is 5.91 Å². The Hall–Kier alpha value is -4.41. The van der Waals surface area contributed by atoms with Crippen molar-refractivity contribution in [2.24, 2.45) is 11.5 Å². The summed E-state index contributed by atoms with van der Waals surface area (Å²) in [5.41, 5.74) is 12.1. The Bertz CT molecular complexity index is 1780. The van der Waals surface area contributed by atoms with E-state index >= 15 is 0 Å². The summed E-state index contributed by atoms with van der Waals surface area (Å²) in [6, 6.07) is 4.52. The average Bonchev–Trinajstić information content (AvgIpc) is 3.50. The Morgan fingerprint density at radius 2 is 1.86 bits per heavy atom. The summed E-state index contributed by atoms with van der Waals surface area (Å²) < 4.78 is 64.3. The fourth-order valence-corrected chi connectivity index (χ4v) is 5.41. The van der Waals surface area contributed by atoms with Gasteiger partial charge in [-0.15, -0.1) is 11.3 Å². The van der Waals surface area contributed by atoms with Crippen molar-refractivity contribution in [1.82, 2.24) is 19.5 Å². The number of fused-ring (bicyclic) bond motifs is 1. The third-order valence-corrected chi connectivity index (χ3v) is 8.05. The summed E-state index contributed by atoms with van der Waals surface area (Å²) in [6.07, 6.45) is 5.15. The number of amides is 2. The van der Waals surface area contributed by atoms with Crippen LogP contribution in [0.3, 0.4) is 0 Å². The lowest BCUT2D eigenvalue weighted by molar-refractivity contribution is -0.115. The van der Waals surface area contributed by atoms with E-state index in [4.69, 9.17) is 22.5 Å². The van der Waals surface area contributed by atoms with E-state index in [1.807, 2.05) is 13.0 Å². The highest BCUT2D eigenvalue weighted by Gasteiger charge is 2.49. The SMILES string of the molecule is C.Cc1cc(-n2ccnc2)nc2sc(C(N)=O)c(N)c12.Cc1cc(OS(=O)(=O)C(F)(F)F)nc(SCC(N)=O)c1C#N. The van der Waals surface area contributed by atoms with Crippen LogP contribution in [0.5, 0.6) is 5.88 Å². The number of carbonyl (C=O) groups is 2. The molecule has 4 heterocycles. The van der Waals surface area contributed by atoms with Gasteiger partial charge < -0.3 is 21.4 Å². The average molecular weight is 645 g/mol. The van der Waals surface area contributed by atoms with E-state index < -0.39 is 33.3 Å². The van der Waals surface area contributed by atoms with E-state index in [1.54, 1.807) is 29.4 Å². The number of alkyl halides is 3. The van der Waals surface area contributed by atoms with Crippen molar-refractivity contribution in [1.29, 1.82) is 5.26 Å². The zero-order valence-electron chi connectivity index (χ0n) is 21.0. The van der Waals surface area contributed by atoms with Crippen LogP contribution in [-0.4, -0.2) is 51.0 Å². The molecule has 2 amide bonds. The monoisotopic (exact) mass is 644 g/mol. The second-order valence-electron chi connectivity index (χ2n) is 7.96. The van der Waals surface area contributed by atoms with Crippen LogP contribution < -0.4 is 21.4 Å². The number of thioether (sulfide) groups is 1. The van der Waals surface area contributed by atoms with Crippen molar-refractivity contribution in [2.45, 2.75) is 31.8 Å². The van der Waals surface area contributed by atoms with Crippen LogP contribution in [0, 0.1) is 25.2 Å². The minimum atomic E-state index is -5.88. The molecule has 4 aromatic rings. The number of aromatic nitrogens is 4. The van der Waals surface area contributed by atoms with Gasteiger partial charge >= 0.3 is 15.6 Å². The minimum absolute atomic E-state index is 0. The Labute approximate surface area is 245 Å². The predicted octanol–water partition coefficient (Wildman–Crippen LogP) is 3.18. The summed E-state index contributed by atoms with van der Waals surface area (Å²) >= 11 is 1.89. The molecule has 0 spiro atoms. The molecule has 0 saturated carbocycles. The van der Waals surface area contributed by atoms with Crippen molar-refractivity contribution >= 4 is 60.9 Å². The van der Waals surface area contributed by atoms with E-state index in [0.717, 1.165) is 22.8 Å². The molecule has 42 heavy (non-hydrogen) atoms. The second kappa shape index (κ2) is 13.1. The maximum absolute atomic E-state index is 12.3. The molecule has 19 heteroatoms. The van der Waals surface area contributed by atoms with Gasteiger partial charge in [-0.25, -0.2) is 15.0 Å². The first-order valence-corrected chi connectivity index (χ1v) is 14.1. The molecule has 13 nitrogen and oxygen atoms in total. The van der Waals surface area contributed by atoms with E-state index in [1.165, 1.54) is 18.3 Å².